The van der Waals surface area contributed by atoms with Crippen molar-refractivity contribution in [1.82, 2.24) is 14.3 Å². The van der Waals surface area contributed by atoms with Gasteiger partial charge in [0.1, 0.15) is 4.83 Å². The summed E-state index contributed by atoms with van der Waals surface area (Å²) in [5.41, 5.74) is 1.15. The number of thiophene rings is 1. The third-order valence-corrected chi connectivity index (χ3v) is 9.70. The van der Waals surface area contributed by atoms with Crippen molar-refractivity contribution < 1.29 is 18.1 Å². The molecule has 3 aromatic carbocycles. The Labute approximate surface area is 235 Å². The third kappa shape index (κ3) is 4.87. The van der Waals surface area contributed by atoms with Gasteiger partial charge < -0.3 is 0 Å². The minimum atomic E-state index is -4.36. The number of hydrogen-bond donors (Lipinski definition) is 1. The number of carbonyl (C=O) groups excluding carboxylic acids is 1. The second-order valence-corrected chi connectivity index (χ2v) is 12.8. The highest BCUT2D eigenvalue weighted by atomic mass is 32.2. The molecule has 2 heterocycles. The Morgan fingerprint density at radius 3 is 2.60 bits per heavy atom. The van der Waals surface area contributed by atoms with Gasteiger partial charge in [0.25, 0.3) is 21.3 Å². The molecule has 5 aromatic rings. The van der Waals surface area contributed by atoms with Gasteiger partial charge in [0.05, 0.1) is 26.6 Å². The number of fused-ring (bicyclic) bond motifs is 2. The molecule has 0 saturated heterocycles. The highest BCUT2D eigenvalue weighted by Gasteiger charge is 2.27. The van der Waals surface area contributed by atoms with E-state index in [0.29, 0.717) is 21.8 Å². The number of rotatable bonds is 8. The van der Waals surface area contributed by atoms with Crippen molar-refractivity contribution in [2.45, 2.75) is 28.8 Å². The lowest BCUT2D eigenvalue weighted by Crippen LogP contribution is -2.32. The number of hydrogen-bond acceptors (Lipinski definition) is 9. The zero-order valence-electron chi connectivity index (χ0n) is 20.6. The molecule has 0 radical (unpaired) electrons. The van der Waals surface area contributed by atoms with E-state index in [1.54, 1.807) is 11.4 Å². The fourth-order valence-electron chi connectivity index (χ4n) is 4.59. The molecule has 6 rings (SSSR count). The summed E-state index contributed by atoms with van der Waals surface area (Å²) in [7, 11) is -4.36. The number of thioether (sulfide) groups is 1. The standard InChI is InChI=1S/C27H20N4O6S3/c32-24(29-40(36,37)18-5-3-4-17(14-18)31(34)35)15-39-27-28-25-22(12-13-38-25)26(33)30(27)23-11-10-19(16-8-9-16)20-6-1-2-7-21(20)23/h1-7,10-14,16H,8-9,15H2,(H,29,32). The molecule has 0 bridgehead atoms. The number of nitrogens with zero attached hydrogens (tertiary/aromatic N) is 3. The molecule has 1 saturated carbocycles. The zero-order chi connectivity index (χ0) is 28.0. The minimum absolute atomic E-state index is 0.243. The van der Waals surface area contributed by atoms with Crippen LogP contribution >= 0.6 is 23.1 Å². The minimum Gasteiger partial charge on any atom is -0.273 e. The van der Waals surface area contributed by atoms with Crippen LogP contribution in [-0.4, -0.2) is 34.6 Å². The zero-order valence-corrected chi connectivity index (χ0v) is 23.1. The summed E-state index contributed by atoms with van der Waals surface area (Å²) in [5, 5.41) is 15.4. The molecule has 1 fully saturated rings. The first-order chi connectivity index (χ1) is 19.2. The molecule has 0 atom stereocenters. The number of carbonyl (C=O) groups is 1. The van der Waals surface area contributed by atoms with Crippen molar-refractivity contribution in [1.29, 1.82) is 0 Å². The molecule has 1 aliphatic carbocycles. The number of aromatic nitrogens is 2. The maximum Gasteiger partial charge on any atom is 0.270 e. The van der Waals surface area contributed by atoms with Crippen LogP contribution in [0.3, 0.4) is 0 Å². The van der Waals surface area contributed by atoms with Gasteiger partial charge >= 0.3 is 0 Å². The van der Waals surface area contributed by atoms with Crippen molar-refractivity contribution in [2.75, 3.05) is 5.75 Å². The van der Waals surface area contributed by atoms with Crippen molar-refractivity contribution in [3.8, 4) is 5.69 Å². The SMILES string of the molecule is O=C(CSc1nc2sccc2c(=O)n1-c1ccc(C2CC2)c2ccccc12)NS(=O)(=O)c1cccc([N+](=O)[O-])c1. The Kier molecular flexibility index (Phi) is 6.64. The van der Waals surface area contributed by atoms with Gasteiger partial charge in [0.2, 0.25) is 5.91 Å². The number of nitro groups is 1. The van der Waals surface area contributed by atoms with E-state index in [0.717, 1.165) is 53.6 Å². The first-order valence-electron chi connectivity index (χ1n) is 12.2. The van der Waals surface area contributed by atoms with Gasteiger partial charge in [-0.25, -0.2) is 18.1 Å². The van der Waals surface area contributed by atoms with Gasteiger partial charge in [-0.05, 0) is 53.3 Å². The lowest BCUT2D eigenvalue weighted by molar-refractivity contribution is -0.385. The highest BCUT2D eigenvalue weighted by Crippen LogP contribution is 2.44. The van der Waals surface area contributed by atoms with Gasteiger partial charge in [0, 0.05) is 17.5 Å². The molecule has 10 nitrogen and oxygen atoms in total. The van der Waals surface area contributed by atoms with Gasteiger partial charge in [-0.1, -0.05) is 48.2 Å². The first-order valence-corrected chi connectivity index (χ1v) is 15.5. The molecule has 2 aromatic heterocycles. The van der Waals surface area contributed by atoms with Crippen LogP contribution in [0.4, 0.5) is 5.69 Å². The van der Waals surface area contributed by atoms with E-state index in [9.17, 15) is 28.1 Å². The summed E-state index contributed by atoms with van der Waals surface area (Å²) in [6, 6.07) is 17.9. The van der Waals surface area contributed by atoms with Crippen LogP contribution in [0.25, 0.3) is 26.7 Å². The van der Waals surface area contributed by atoms with Crippen molar-refractivity contribution in [2.24, 2.45) is 0 Å². The van der Waals surface area contributed by atoms with E-state index in [1.807, 2.05) is 41.1 Å². The summed E-state index contributed by atoms with van der Waals surface area (Å²) in [5.74, 6) is -0.730. The Balaban J connectivity index is 1.35. The Hall–Kier alpha value is -4.07. The first kappa shape index (κ1) is 26.2. The normalized spacial score (nSPS) is 13.5. The van der Waals surface area contributed by atoms with Crippen LogP contribution in [0.5, 0.6) is 0 Å². The average Bonchev–Trinajstić information content (AvgIpc) is 3.67. The van der Waals surface area contributed by atoms with Crippen LogP contribution < -0.4 is 10.3 Å². The maximum absolute atomic E-state index is 13.7. The van der Waals surface area contributed by atoms with E-state index in [2.05, 4.69) is 4.98 Å². The van der Waals surface area contributed by atoms with E-state index in [-0.39, 0.29) is 16.5 Å². The largest absolute Gasteiger partial charge is 0.273 e. The fourth-order valence-corrected chi connectivity index (χ4v) is 7.31. The van der Waals surface area contributed by atoms with Gasteiger partial charge in [-0.2, -0.15) is 0 Å². The molecule has 40 heavy (non-hydrogen) atoms. The van der Waals surface area contributed by atoms with E-state index >= 15 is 0 Å². The summed E-state index contributed by atoms with van der Waals surface area (Å²) in [6.07, 6.45) is 2.25. The van der Waals surface area contributed by atoms with Crippen molar-refractivity contribution >= 4 is 65.7 Å². The molecule has 1 N–H and O–H groups in total. The predicted octanol–water partition coefficient (Wildman–Crippen LogP) is 4.98. The van der Waals surface area contributed by atoms with E-state index < -0.39 is 31.4 Å². The molecule has 1 amide bonds. The van der Waals surface area contributed by atoms with Gasteiger partial charge in [-0.15, -0.1) is 11.3 Å². The summed E-state index contributed by atoms with van der Waals surface area (Å²) in [6.45, 7) is 0. The predicted molar refractivity (Wildman–Crippen MR) is 154 cm³/mol. The molecular weight excluding hydrogens is 573 g/mol. The molecule has 202 valence electrons. The average molecular weight is 593 g/mol. The molecule has 1 aliphatic rings. The molecular formula is C27H20N4O6S3. The Morgan fingerprint density at radius 2 is 1.85 bits per heavy atom. The second kappa shape index (κ2) is 10.2. The number of nitrogens with one attached hydrogen (secondary N) is 1. The second-order valence-electron chi connectivity index (χ2n) is 9.24. The smallest absolute Gasteiger partial charge is 0.270 e. The molecule has 13 heteroatoms. The van der Waals surface area contributed by atoms with Gasteiger partial charge in [0.15, 0.2) is 5.16 Å². The van der Waals surface area contributed by atoms with Crippen LogP contribution in [0.15, 0.2) is 87.0 Å². The van der Waals surface area contributed by atoms with Gasteiger partial charge in [-0.3, -0.25) is 24.3 Å². The van der Waals surface area contributed by atoms with Crippen LogP contribution in [0, 0.1) is 10.1 Å². The summed E-state index contributed by atoms with van der Waals surface area (Å²) >= 11 is 2.23. The summed E-state index contributed by atoms with van der Waals surface area (Å²) in [4.78, 5) is 41.5. The molecule has 0 unspecified atom stereocenters. The monoisotopic (exact) mass is 592 g/mol. The number of benzene rings is 3. The summed E-state index contributed by atoms with van der Waals surface area (Å²) < 4.78 is 28.9. The van der Waals surface area contributed by atoms with Crippen LogP contribution in [0.2, 0.25) is 0 Å². The Bertz CT molecular complexity index is 2000. The van der Waals surface area contributed by atoms with Crippen molar-refractivity contribution in [3.05, 3.63) is 98.1 Å². The van der Waals surface area contributed by atoms with Crippen molar-refractivity contribution in [3.63, 3.8) is 0 Å². The maximum atomic E-state index is 13.7. The van der Waals surface area contributed by atoms with Crippen LogP contribution in [-0.2, 0) is 14.8 Å². The topological polar surface area (TPSA) is 141 Å². The van der Waals surface area contributed by atoms with E-state index in [1.165, 1.54) is 27.5 Å². The number of non-ortho nitro benzene ring substituents is 1. The Morgan fingerprint density at radius 1 is 1.07 bits per heavy atom. The number of nitro benzene ring substituents is 1. The molecule has 0 aliphatic heterocycles. The lowest BCUT2D eigenvalue weighted by atomic mass is 9.99. The van der Waals surface area contributed by atoms with E-state index in [4.69, 9.17) is 0 Å². The highest BCUT2D eigenvalue weighted by molar-refractivity contribution is 8.00. The fraction of sp³-hybridized carbons (Fsp3) is 0.148. The molecule has 0 spiro atoms. The lowest BCUT2D eigenvalue weighted by Gasteiger charge is -2.16. The quantitative estimate of drug-likeness (QED) is 0.115. The number of amides is 1. The van der Waals surface area contributed by atoms with Crippen LogP contribution in [0.1, 0.15) is 24.3 Å². The third-order valence-electron chi connectivity index (χ3n) is 6.58. The number of sulfonamides is 1.